The van der Waals surface area contributed by atoms with Gasteiger partial charge in [-0.1, -0.05) is 0 Å². The third-order valence-electron chi connectivity index (χ3n) is 0.843. The molecule has 3 nitrogen and oxygen atoms in total. The molecule has 0 amide bonds. The summed E-state index contributed by atoms with van der Waals surface area (Å²) in [6.07, 6.45) is 0.671. The third-order valence-corrected chi connectivity index (χ3v) is 1.97. The van der Waals surface area contributed by atoms with E-state index in [-0.39, 0.29) is 0 Å². The SMILES string of the molecule is C=C(C)CCO[PH](O)(O)P. The molecule has 0 aliphatic carbocycles. The van der Waals surface area contributed by atoms with Crippen LogP contribution < -0.4 is 0 Å². The van der Waals surface area contributed by atoms with Crippen molar-refractivity contribution in [2.24, 2.45) is 0 Å². The summed E-state index contributed by atoms with van der Waals surface area (Å²) in [5, 5.41) is 0. The van der Waals surface area contributed by atoms with E-state index in [4.69, 9.17) is 14.3 Å². The molecule has 0 spiro atoms. The zero-order valence-electron chi connectivity index (χ0n) is 6.00. The number of hydrogen-bond acceptors (Lipinski definition) is 3. The van der Waals surface area contributed by atoms with Gasteiger partial charge in [-0.2, -0.15) is 0 Å². The molecule has 0 rings (SSSR count). The average molecular weight is 184 g/mol. The molecular formula is C5H14O3P2. The molecule has 0 aliphatic heterocycles. The van der Waals surface area contributed by atoms with Gasteiger partial charge in [-0.05, 0) is 0 Å². The Labute approximate surface area is 63.8 Å². The molecule has 0 bridgehead atoms. The zero-order valence-corrected chi connectivity index (χ0v) is 8.16. The van der Waals surface area contributed by atoms with Crippen LogP contribution >= 0.6 is 16.6 Å². The van der Waals surface area contributed by atoms with Gasteiger partial charge in [0.1, 0.15) is 0 Å². The van der Waals surface area contributed by atoms with E-state index in [1.807, 2.05) is 15.9 Å². The van der Waals surface area contributed by atoms with Crippen molar-refractivity contribution in [3.63, 3.8) is 0 Å². The van der Waals surface area contributed by atoms with Gasteiger partial charge in [-0.3, -0.25) is 0 Å². The molecule has 5 heteroatoms. The molecule has 0 heterocycles. The Kier molecular flexibility index (Phi) is 4.59. The summed E-state index contributed by atoms with van der Waals surface area (Å²) >= 11 is 0. The number of rotatable bonds is 4. The molecule has 0 saturated heterocycles. The first-order valence-electron chi connectivity index (χ1n) is 2.94. The second kappa shape index (κ2) is 4.38. The average Bonchev–Trinajstić information content (AvgIpc) is 1.59. The molecule has 0 aromatic carbocycles. The second-order valence-electron chi connectivity index (χ2n) is 2.21. The van der Waals surface area contributed by atoms with Crippen molar-refractivity contribution in [2.45, 2.75) is 13.3 Å². The van der Waals surface area contributed by atoms with Gasteiger partial charge in [0, 0.05) is 0 Å². The summed E-state index contributed by atoms with van der Waals surface area (Å²) < 4.78 is 4.69. The molecule has 0 aromatic heterocycles. The molecule has 62 valence electrons. The maximum absolute atomic E-state index is 8.74. The first kappa shape index (κ1) is 10.5. The van der Waals surface area contributed by atoms with Crippen LogP contribution in [0.1, 0.15) is 13.3 Å². The zero-order chi connectivity index (χ0) is 8.20. The van der Waals surface area contributed by atoms with E-state index >= 15 is 0 Å². The normalized spacial score (nSPS) is 13.2. The minimum atomic E-state index is -3.35. The molecule has 0 radical (unpaired) electrons. The van der Waals surface area contributed by atoms with Gasteiger partial charge in [0.15, 0.2) is 0 Å². The van der Waals surface area contributed by atoms with Gasteiger partial charge in [0.05, 0.1) is 0 Å². The summed E-state index contributed by atoms with van der Waals surface area (Å²) in [5.74, 6) is 0. The standard InChI is InChI=1S/C5H14O3P2/c1-5(2)3-4-8-10(6,7)9/h6-7,10H,1,3-4,9H2,2H3. The van der Waals surface area contributed by atoms with Crippen LogP contribution in [-0.4, -0.2) is 16.4 Å². The van der Waals surface area contributed by atoms with Crippen molar-refractivity contribution < 1.29 is 14.3 Å². The van der Waals surface area contributed by atoms with Crippen LogP contribution in [0.25, 0.3) is 0 Å². The number of hydrogen-bond donors (Lipinski definition) is 2. The van der Waals surface area contributed by atoms with Crippen molar-refractivity contribution in [3.05, 3.63) is 12.2 Å². The predicted octanol–water partition coefficient (Wildman–Crippen LogP) is 1.24. The topological polar surface area (TPSA) is 49.7 Å². The van der Waals surface area contributed by atoms with Crippen LogP contribution in [0.15, 0.2) is 12.2 Å². The molecule has 10 heavy (non-hydrogen) atoms. The van der Waals surface area contributed by atoms with E-state index in [1.165, 1.54) is 0 Å². The van der Waals surface area contributed by atoms with Gasteiger partial charge in [-0.15, -0.1) is 0 Å². The molecule has 0 aromatic rings. The summed E-state index contributed by atoms with van der Waals surface area (Å²) in [5.41, 5.74) is 0.975. The first-order valence-corrected chi connectivity index (χ1v) is 6.55. The quantitative estimate of drug-likeness (QED) is 0.510. The summed E-state index contributed by atoms with van der Waals surface area (Å²) in [6, 6.07) is 0. The molecule has 0 fully saturated rings. The van der Waals surface area contributed by atoms with Crippen LogP contribution in [-0.2, 0) is 4.52 Å². The second-order valence-corrected chi connectivity index (χ2v) is 6.08. The molecule has 0 saturated carbocycles. The van der Waals surface area contributed by atoms with E-state index in [0.29, 0.717) is 13.0 Å². The first-order chi connectivity index (χ1) is 4.42. The van der Waals surface area contributed by atoms with Crippen LogP contribution in [0.3, 0.4) is 0 Å². The van der Waals surface area contributed by atoms with Crippen molar-refractivity contribution in [3.8, 4) is 0 Å². The monoisotopic (exact) mass is 184 g/mol. The Balaban J connectivity index is 3.29. The van der Waals surface area contributed by atoms with Crippen LogP contribution in [0, 0.1) is 0 Å². The van der Waals surface area contributed by atoms with Gasteiger partial charge in [-0.25, -0.2) is 0 Å². The molecule has 1 atom stereocenters. The van der Waals surface area contributed by atoms with Crippen molar-refractivity contribution in [2.75, 3.05) is 6.61 Å². The van der Waals surface area contributed by atoms with E-state index in [2.05, 4.69) is 6.58 Å². The van der Waals surface area contributed by atoms with Gasteiger partial charge < -0.3 is 0 Å². The predicted molar refractivity (Wildman–Crippen MR) is 47.8 cm³/mol. The van der Waals surface area contributed by atoms with E-state index in [9.17, 15) is 0 Å². The van der Waals surface area contributed by atoms with Crippen LogP contribution in [0.4, 0.5) is 0 Å². The Morgan fingerprint density at radius 3 is 2.50 bits per heavy atom. The van der Waals surface area contributed by atoms with E-state index in [1.54, 1.807) is 0 Å². The molecule has 2 N–H and O–H groups in total. The summed E-state index contributed by atoms with van der Waals surface area (Å²) in [6.45, 7) is 5.84. The Morgan fingerprint density at radius 1 is 1.70 bits per heavy atom. The van der Waals surface area contributed by atoms with Gasteiger partial charge in [0.25, 0.3) is 0 Å². The molecular weight excluding hydrogens is 170 g/mol. The summed E-state index contributed by atoms with van der Waals surface area (Å²) in [7, 11) is -1.45. The Bertz CT molecular complexity index is 119. The van der Waals surface area contributed by atoms with E-state index < -0.39 is 7.63 Å². The Morgan fingerprint density at radius 2 is 2.20 bits per heavy atom. The van der Waals surface area contributed by atoms with Crippen LogP contribution in [0.5, 0.6) is 0 Å². The third kappa shape index (κ3) is 8.48. The van der Waals surface area contributed by atoms with Crippen LogP contribution in [0.2, 0.25) is 0 Å². The fourth-order valence-corrected chi connectivity index (χ4v) is 1.13. The van der Waals surface area contributed by atoms with Crippen molar-refractivity contribution in [1.82, 2.24) is 0 Å². The molecule has 1 unspecified atom stereocenters. The van der Waals surface area contributed by atoms with E-state index in [0.717, 1.165) is 5.57 Å². The van der Waals surface area contributed by atoms with Crippen molar-refractivity contribution >= 4 is 16.6 Å². The fourth-order valence-electron chi connectivity index (χ4n) is 0.375. The van der Waals surface area contributed by atoms with Crippen molar-refractivity contribution in [1.29, 1.82) is 0 Å². The van der Waals surface area contributed by atoms with Gasteiger partial charge >= 0.3 is 63.0 Å². The fraction of sp³-hybridized carbons (Fsp3) is 0.600. The maximum atomic E-state index is 8.74. The minimum absolute atomic E-state index is 0.331. The molecule has 0 aliphatic rings. The van der Waals surface area contributed by atoms with Gasteiger partial charge in [0.2, 0.25) is 0 Å². The summed E-state index contributed by atoms with van der Waals surface area (Å²) in [4.78, 5) is 17.5. The Hall–Kier alpha value is 0.480.